The van der Waals surface area contributed by atoms with E-state index in [1.165, 1.54) is 0 Å². The highest BCUT2D eigenvalue weighted by Crippen LogP contribution is 2.28. The fourth-order valence-electron chi connectivity index (χ4n) is 2.63. The molecule has 2 aromatic carbocycles. The Kier molecular flexibility index (Phi) is 4.70. The van der Waals surface area contributed by atoms with Crippen molar-refractivity contribution in [1.82, 2.24) is 4.98 Å². The van der Waals surface area contributed by atoms with Gasteiger partial charge in [0.25, 0.3) is 0 Å². The molecular weight excluding hydrogens is 304 g/mol. The summed E-state index contributed by atoms with van der Waals surface area (Å²) in [6, 6.07) is 13.5. The Bertz CT molecular complexity index is 868. The van der Waals surface area contributed by atoms with Gasteiger partial charge in [-0.15, -0.1) is 0 Å². The van der Waals surface area contributed by atoms with Crippen LogP contribution in [-0.2, 0) is 6.42 Å². The van der Waals surface area contributed by atoms with Gasteiger partial charge < -0.3 is 19.6 Å². The Morgan fingerprint density at radius 1 is 1.08 bits per heavy atom. The number of benzene rings is 2. The fourth-order valence-corrected chi connectivity index (χ4v) is 2.63. The third kappa shape index (κ3) is 3.20. The van der Waals surface area contributed by atoms with Crippen molar-refractivity contribution < 1.29 is 14.6 Å². The molecule has 3 aromatic rings. The summed E-state index contributed by atoms with van der Waals surface area (Å²) in [5.74, 6) is 1.67. The summed E-state index contributed by atoms with van der Waals surface area (Å²) in [6.45, 7) is 0.615. The number of aromatic hydroxyl groups is 1. The van der Waals surface area contributed by atoms with Crippen LogP contribution in [0.4, 0.5) is 0 Å². The Morgan fingerprint density at radius 2 is 1.88 bits per heavy atom. The standard InChI is InChI=1S/C19H20N2O3/c1-23-17-8-7-13(11-18(17)24-2)9-10-20-12-16-19(22)14-5-3-4-6-15(14)21-16/h3-8,11-12,21-22H,9-10H2,1-2H3. The van der Waals surface area contributed by atoms with Crippen molar-refractivity contribution in [1.29, 1.82) is 0 Å². The van der Waals surface area contributed by atoms with E-state index >= 15 is 0 Å². The zero-order valence-electron chi connectivity index (χ0n) is 13.7. The number of aromatic amines is 1. The minimum atomic E-state index is 0.237. The average Bonchev–Trinajstić information content (AvgIpc) is 2.95. The lowest BCUT2D eigenvalue weighted by atomic mass is 10.1. The maximum Gasteiger partial charge on any atom is 0.160 e. The van der Waals surface area contributed by atoms with Gasteiger partial charge in [-0.3, -0.25) is 4.99 Å². The van der Waals surface area contributed by atoms with E-state index in [2.05, 4.69) is 9.98 Å². The molecule has 0 fully saturated rings. The van der Waals surface area contributed by atoms with Gasteiger partial charge in [0.1, 0.15) is 5.75 Å². The molecule has 0 aliphatic heterocycles. The first-order valence-electron chi connectivity index (χ1n) is 7.73. The molecule has 0 spiro atoms. The Morgan fingerprint density at radius 3 is 2.62 bits per heavy atom. The van der Waals surface area contributed by atoms with Crippen molar-refractivity contribution >= 4 is 17.1 Å². The van der Waals surface area contributed by atoms with Gasteiger partial charge in [0.15, 0.2) is 11.5 Å². The van der Waals surface area contributed by atoms with Crippen LogP contribution in [-0.4, -0.2) is 37.1 Å². The lowest BCUT2D eigenvalue weighted by Gasteiger charge is -2.08. The molecule has 3 rings (SSSR count). The molecule has 0 atom stereocenters. The molecule has 1 aromatic heterocycles. The van der Waals surface area contributed by atoms with Crippen molar-refractivity contribution in [3.63, 3.8) is 0 Å². The molecule has 24 heavy (non-hydrogen) atoms. The number of aliphatic imine (C=N–C) groups is 1. The number of H-pyrrole nitrogens is 1. The monoisotopic (exact) mass is 324 g/mol. The number of aromatic nitrogens is 1. The highest BCUT2D eigenvalue weighted by atomic mass is 16.5. The number of nitrogens with zero attached hydrogens (tertiary/aromatic N) is 1. The quantitative estimate of drug-likeness (QED) is 0.681. The van der Waals surface area contributed by atoms with E-state index in [1.807, 2.05) is 42.5 Å². The number of rotatable bonds is 6. The molecule has 2 N–H and O–H groups in total. The van der Waals surface area contributed by atoms with Gasteiger partial charge in [-0.25, -0.2) is 0 Å². The summed E-state index contributed by atoms with van der Waals surface area (Å²) in [7, 11) is 3.24. The van der Waals surface area contributed by atoms with Crippen LogP contribution in [0, 0.1) is 0 Å². The first-order valence-corrected chi connectivity index (χ1v) is 7.73. The third-order valence-electron chi connectivity index (χ3n) is 3.90. The normalized spacial score (nSPS) is 11.2. The summed E-state index contributed by atoms with van der Waals surface area (Å²) < 4.78 is 10.5. The Hall–Kier alpha value is -2.95. The van der Waals surface area contributed by atoms with Crippen LogP contribution in [0.15, 0.2) is 47.5 Å². The number of nitrogens with one attached hydrogen (secondary N) is 1. The first kappa shape index (κ1) is 15.9. The molecule has 0 bridgehead atoms. The number of fused-ring (bicyclic) bond motifs is 1. The Balaban J connectivity index is 1.67. The molecule has 0 saturated carbocycles. The molecule has 1 heterocycles. The predicted molar refractivity (Wildman–Crippen MR) is 95.7 cm³/mol. The minimum Gasteiger partial charge on any atom is -0.505 e. The second kappa shape index (κ2) is 7.08. The predicted octanol–water partition coefficient (Wildman–Crippen LogP) is 3.55. The van der Waals surface area contributed by atoms with E-state index in [9.17, 15) is 5.11 Å². The van der Waals surface area contributed by atoms with Crippen LogP contribution in [0.1, 0.15) is 11.3 Å². The summed E-state index contributed by atoms with van der Waals surface area (Å²) in [5, 5.41) is 11.0. The second-order valence-electron chi connectivity index (χ2n) is 5.41. The molecule has 0 aliphatic carbocycles. The molecule has 0 amide bonds. The number of methoxy groups -OCH3 is 2. The molecule has 0 radical (unpaired) electrons. The van der Waals surface area contributed by atoms with Crippen LogP contribution in [0.2, 0.25) is 0 Å². The van der Waals surface area contributed by atoms with E-state index in [1.54, 1.807) is 20.4 Å². The summed E-state index contributed by atoms with van der Waals surface area (Å²) in [6.07, 6.45) is 2.45. The van der Waals surface area contributed by atoms with E-state index in [0.717, 1.165) is 22.9 Å². The van der Waals surface area contributed by atoms with Crippen LogP contribution in [0.3, 0.4) is 0 Å². The zero-order valence-corrected chi connectivity index (χ0v) is 13.7. The maximum absolute atomic E-state index is 10.2. The number of hydrogen-bond donors (Lipinski definition) is 2. The van der Waals surface area contributed by atoms with Crippen LogP contribution >= 0.6 is 0 Å². The van der Waals surface area contributed by atoms with Crippen molar-refractivity contribution in [2.75, 3.05) is 20.8 Å². The van der Waals surface area contributed by atoms with Crippen molar-refractivity contribution in [2.45, 2.75) is 6.42 Å². The lowest BCUT2D eigenvalue weighted by Crippen LogP contribution is -1.95. The SMILES string of the molecule is COc1ccc(CCN=Cc2[nH]c3ccccc3c2O)cc1OC. The van der Waals surface area contributed by atoms with Gasteiger partial charge in [0.05, 0.1) is 19.9 Å². The van der Waals surface area contributed by atoms with Crippen LogP contribution in [0.5, 0.6) is 17.2 Å². The first-order chi connectivity index (χ1) is 11.7. The van der Waals surface area contributed by atoms with Crippen molar-refractivity contribution in [3.8, 4) is 17.2 Å². The Labute approximate surface area is 140 Å². The smallest absolute Gasteiger partial charge is 0.160 e. The molecule has 124 valence electrons. The summed E-state index contributed by atoms with van der Waals surface area (Å²) >= 11 is 0. The number of ether oxygens (including phenoxy) is 2. The van der Waals surface area contributed by atoms with Crippen LogP contribution in [0.25, 0.3) is 10.9 Å². The largest absolute Gasteiger partial charge is 0.505 e. The minimum absolute atomic E-state index is 0.237. The molecule has 0 aliphatic rings. The third-order valence-corrected chi connectivity index (χ3v) is 3.90. The molecule has 5 nitrogen and oxygen atoms in total. The maximum atomic E-state index is 10.2. The van der Waals surface area contributed by atoms with Gasteiger partial charge in [0.2, 0.25) is 0 Å². The average molecular weight is 324 g/mol. The van der Waals surface area contributed by atoms with Crippen LogP contribution < -0.4 is 9.47 Å². The summed E-state index contributed by atoms with van der Waals surface area (Å²) in [5.41, 5.74) is 2.64. The topological polar surface area (TPSA) is 66.8 Å². The molecule has 0 unspecified atom stereocenters. The van der Waals surface area contributed by atoms with Gasteiger partial charge >= 0.3 is 0 Å². The molecule has 5 heteroatoms. The number of para-hydroxylation sites is 1. The van der Waals surface area contributed by atoms with E-state index in [4.69, 9.17) is 9.47 Å². The van der Waals surface area contributed by atoms with Gasteiger partial charge in [-0.05, 0) is 36.2 Å². The fraction of sp³-hybridized carbons (Fsp3) is 0.211. The summed E-state index contributed by atoms with van der Waals surface area (Å²) in [4.78, 5) is 7.56. The second-order valence-corrected chi connectivity index (χ2v) is 5.41. The van der Waals surface area contributed by atoms with Gasteiger partial charge in [0, 0.05) is 23.7 Å². The highest BCUT2D eigenvalue weighted by Gasteiger charge is 2.07. The molecule has 0 saturated heterocycles. The number of hydrogen-bond acceptors (Lipinski definition) is 4. The lowest BCUT2D eigenvalue weighted by molar-refractivity contribution is 0.354. The van der Waals surface area contributed by atoms with Crippen molar-refractivity contribution in [3.05, 3.63) is 53.7 Å². The highest BCUT2D eigenvalue weighted by molar-refractivity contribution is 5.96. The van der Waals surface area contributed by atoms with E-state index in [0.29, 0.717) is 23.7 Å². The van der Waals surface area contributed by atoms with Crippen molar-refractivity contribution in [2.24, 2.45) is 4.99 Å². The van der Waals surface area contributed by atoms with Gasteiger partial charge in [-0.2, -0.15) is 0 Å². The van der Waals surface area contributed by atoms with Gasteiger partial charge in [-0.1, -0.05) is 18.2 Å². The van der Waals surface area contributed by atoms with E-state index in [-0.39, 0.29) is 5.75 Å². The zero-order chi connectivity index (χ0) is 16.9. The molecular formula is C19H20N2O3. The van der Waals surface area contributed by atoms with E-state index < -0.39 is 0 Å².